The minimum Gasteiger partial charge on any atom is -0.504 e. The Kier molecular flexibility index (Phi) is 4.88. The van der Waals surface area contributed by atoms with Crippen LogP contribution in [0.15, 0.2) is 42.5 Å². The van der Waals surface area contributed by atoms with Crippen molar-refractivity contribution in [1.82, 2.24) is 5.32 Å². The van der Waals surface area contributed by atoms with Gasteiger partial charge in [0, 0.05) is 17.6 Å². The van der Waals surface area contributed by atoms with Gasteiger partial charge in [-0.25, -0.2) is 0 Å². The van der Waals surface area contributed by atoms with Crippen LogP contribution in [0.3, 0.4) is 0 Å². The van der Waals surface area contributed by atoms with E-state index in [1.165, 1.54) is 6.07 Å². The van der Waals surface area contributed by atoms with E-state index in [0.29, 0.717) is 6.54 Å². The number of benzene rings is 2. The number of halogens is 1. The minimum absolute atomic E-state index is 0.0971. The van der Waals surface area contributed by atoms with Gasteiger partial charge in [-0.3, -0.25) is 0 Å². The van der Waals surface area contributed by atoms with Crippen LogP contribution in [-0.4, -0.2) is 10.2 Å². The van der Waals surface area contributed by atoms with Crippen LogP contribution in [0.2, 0.25) is 5.02 Å². The maximum atomic E-state index is 9.48. The normalized spacial score (nSPS) is 12.3. The molecule has 1 atom stereocenters. The van der Waals surface area contributed by atoms with Crippen molar-refractivity contribution in [1.29, 1.82) is 0 Å². The van der Waals surface area contributed by atoms with Gasteiger partial charge in [0.15, 0.2) is 11.5 Å². The van der Waals surface area contributed by atoms with Gasteiger partial charge in [0.25, 0.3) is 0 Å². The van der Waals surface area contributed by atoms with Crippen molar-refractivity contribution in [3.05, 3.63) is 58.6 Å². The molecule has 4 heteroatoms. The summed E-state index contributed by atoms with van der Waals surface area (Å²) < 4.78 is 0. The van der Waals surface area contributed by atoms with Crippen LogP contribution in [0.25, 0.3) is 0 Å². The highest BCUT2D eigenvalue weighted by Crippen LogP contribution is 2.26. The lowest BCUT2D eigenvalue weighted by Gasteiger charge is -2.18. The molecule has 0 aliphatic heterocycles. The second-order valence-electron chi connectivity index (χ2n) is 4.72. The fourth-order valence-electron chi connectivity index (χ4n) is 2.14. The minimum atomic E-state index is -0.101. The maximum absolute atomic E-state index is 9.48. The van der Waals surface area contributed by atoms with Gasteiger partial charge in [0.05, 0.1) is 0 Å². The predicted molar refractivity (Wildman–Crippen MR) is 81.1 cm³/mol. The summed E-state index contributed by atoms with van der Waals surface area (Å²) in [4.78, 5) is 0. The Morgan fingerprint density at radius 3 is 2.55 bits per heavy atom. The van der Waals surface area contributed by atoms with Gasteiger partial charge >= 0.3 is 0 Å². The van der Waals surface area contributed by atoms with E-state index in [2.05, 4.69) is 12.2 Å². The Morgan fingerprint density at radius 1 is 1.10 bits per heavy atom. The van der Waals surface area contributed by atoms with Crippen LogP contribution in [0.4, 0.5) is 0 Å². The highest BCUT2D eigenvalue weighted by molar-refractivity contribution is 6.30. The number of hydrogen-bond donors (Lipinski definition) is 3. The first-order valence-electron chi connectivity index (χ1n) is 6.60. The lowest BCUT2D eigenvalue weighted by molar-refractivity contribution is 0.402. The number of phenolic OH excluding ortho intramolecular Hbond substituents is 2. The van der Waals surface area contributed by atoms with E-state index < -0.39 is 0 Å². The van der Waals surface area contributed by atoms with Crippen LogP contribution < -0.4 is 5.32 Å². The molecule has 0 saturated carbocycles. The van der Waals surface area contributed by atoms with Crippen LogP contribution in [0, 0.1) is 0 Å². The Bertz CT molecular complexity index is 586. The lowest BCUT2D eigenvalue weighted by Crippen LogP contribution is -2.20. The molecule has 0 heterocycles. The summed E-state index contributed by atoms with van der Waals surface area (Å²) in [7, 11) is 0. The topological polar surface area (TPSA) is 52.5 Å². The second kappa shape index (κ2) is 6.64. The first kappa shape index (κ1) is 14.7. The van der Waals surface area contributed by atoms with Crippen LogP contribution in [0.5, 0.6) is 11.5 Å². The average molecular weight is 292 g/mol. The molecule has 0 bridgehead atoms. The maximum Gasteiger partial charge on any atom is 0.157 e. The summed E-state index contributed by atoms with van der Waals surface area (Å²) in [5.74, 6) is -0.198. The number of rotatable bonds is 5. The largest absolute Gasteiger partial charge is 0.504 e. The smallest absolute Gasteiger partial charge is 0.157 e. The van der Waals surface area contributed by atoms with Gasteiger partial charge in [0.1, 0.15) is 0 Å². The fourth-order valence-corrected chi connectivity index (χ4v) is 2.34. The summed E-state index contributed by atoms with van der Waals surface area (Å²) in [6.45, 7) is 2.71. The summed E-state index contributed by atoms with van der Waals surface area (Å²) in [6, 6.07) is 12.8. The van der Waals surface area contributed by atoms with Gasteiger partial charge < -0.3 is 15.5 Å². The van der Waals surface area contributed by atoms with Crippen molar-refractivity contribution in [2.75, 3.05) is 0 Å². The molecule has 20 heavy (non-hydrogen) atoms. The molecule has 2 aromatic rings. The highest BCUT2D eigenvalue weighted by atomic mass is 35.5. The van der Waals surface area contributed by atoms with E-state index in [0.717, 1.165) is 22.6 Å². The quantitative estimate of drug-likeness (QED) is 0.730. The Hall–Kier alpha value is -1.71. The van der Waals surface area contributed by atoms with E-state index in [1.807, 2.05) is 24.3 Å². The van der Waals surface area contributed by atoms with Crippen molar-refractivity contribution in [3.8, 4) is 11.5 Å². The molecular weight excluding hydrogens is 274 g/mol. The van der Waals surface area contributed by atoms with E-state index in [4.69, 9.17) is 11.6 Å². The zero-order valence-electron chi connectivity index (χ0n) is 11.3. The molecular formula is C16H18ClNO2. The lowest BCUT2D eigenvalue weighted by atomic mass is 10.0. The van der Waals surface area contributed by atoms with Gasteiger partial charge in [-0.1, -0.05) is 36.7 Å². The van der Waals surface area contributed by atoms with E-state index >= 15 is 0 Å². The number of phenols is 2. The number of aromatic hydroxyl groups is 2. The molecule has 0 radical (unpaired) electrons. The molecule has 2 aromatic carbocycles. The summed E-state index contributed by atoms with van der Waals surface area (Å²) in [6.07, 6.45) is 0.935. The second-order valence-corrected chi connectivity index (χ2v) is 5.16. The molecule has 0 aliphatic carbocycles. The monoisotopic (exact) mass is 291 g/mol. The standard InChI is InChI=1S/C16H18ClNO2/c1-2-14(12-4-3-5-13(17)9-12)18-10-11-6-7-15(19)16(20)8-11/h3-9,14,18-20H,2,10H2,1H3. The zero-order chi connectivity index (χ0) is 14.5. The SMILES string of the molecule is CCC(NCc1ccc(O)c(O)c1)c1cccc(Cl)c1. The molecule has 3 N–H and O–H groups in total. The van der Waals surface area contributed by atoms with E-state index in [-0.39, 0.29) is 17.5 Å². The third-order valence-electron chi connectivity index (χ3n) is 3.25. The average Bonchev–Trinajstić information content (AvgIpc) is 2.43. The van der Waals surface area contributed by atoms with E-state index in [9.17, 15) is 10.2 Å². The highest BCUT2D eigenvalue weighted by Gasteiger charge is 2.09. The van der Waals surface area contributed by atoms with Gasteiger partial charge in [0.2, 0.25) is 0 Å². The van der Waals surface area contributed by atoms with Gasteiger partial charge in [-0.15, -0.1) is 0 Å². The molecule has 0 fully saturated rings. The molecule has 0 saturated heterocycles. The number of hydrogen-bond acceptors (Lipinski definition) is 3. The van der Waals surface area contributed by atoms with Crippen molar-refractivity contribution >= 4 is 11.6 Å². The summed E-state index contributed by atoms with van der Waals surface area (Å²) >= 11 is 6.01. The molecule has 0 spiro atoms. The number of nitrogens with one attached hydrogen (secondary N) is 1. The van der Waals surface area contributed by atoms with Crippen molar-refractivity contribution in [3.63, 3.8) is 0 Å². The van der Waals surface area contributed by atoms with Crippen LogP contribution >= 0.6 is 11.6 Å². The predicted octanol–water partition coefficient (Wildman–Crippen LogP) is 3.99. The molecule has 2 rings (SSSR count). The first-order chi connectivity index (χ1) is 9.60. The van der Waals surface area contributed by atoms with Crippen molar-refractivity contribution < 1.29 is 10.2 Å². The first-order valence-corrected chi connectivity index (χ1v) is 6.97. The van der Waals surface area contributed by atoms with Gasteiger partial charge in [-0.05, 0) is 41.8 Å². The van der Waals surface area contributed by atoms with E-state index in [1.54, 1.807) is 12.1 Å². The molecule has 106 valence electrons. The molecule has 0 amide bonds. The third-order valence-corrected chi connectivity index (χ3v) is 3.49. The van der Waals surface area contributed by atoms with Crippen LogP contribution in [-0.2, 0) is 6.54 Å². The van der Waals surface area contributed by atoms with Gasteiger partial charge in [-0.2, -0.15) is 0 Å². The molecule has 3 nitrogen and oxygen atoms in total. The van der Waals surface area contributed by atoms with Crippen molar-refractivity contribution in [2.45, 2.75) is 25.9 Å². The van der Waals surface area contributed by atoms with Crippen molar-refractivity contribution in [2.24, 2.45) is 0 Å². The third kappa shape index (κ3) is 3.65. The molecule has 1 unspecified atom stereocenters. The zero-order valence-corrected chi connectivity index (χ0v) is 12.1. The fraction of sp³-hybridized carbons (Fsp3) is 0.250. The van der Waals surface area contributed by atoms with Crippen LogP contribution in [0.1, 0.15) is 30.5 Å². The Labute approximate surface area is 123 Å². The molecule has 0 aromatic heterocycles. The summed E-state index contributed by atoms with van der Waals surface area (Å²) in [5, 5.41) is 22.9. The molecule has 0 aliphatic rings. The summed E-state index contributed by atoms with van der Waals surface area (Å²) in [5.41, 5.74) is 2.06. The Morgan fingerprint density at radius 2 is 1.90 bits per heavy atom. The Balaban J connectivity index is 2.05.